The van der Waals surface area contributed by atoms with E-state index in [2.05, 4.69) is 12.2 Å². The molecule has 3 aromatic rings. The molecule has 142 valence electrons. The first-order valence-electron chi connectivity index (χ1n) is 8.83. The second kappa shape index (κ2) is 8.64. The van der Waals surface area contributed by atoms with Gasteiger partial charge in [-0.05, 0) is 36.8 Å². The molecule has 0 aliphatic carbocycles. The number of rotatable bonds is 8. The highest BCUT2D eigenvalue weighted by Gasteiger charge is 2.16. The Morgan fingerprint density at radius 3 is 2.15 bits per heavy atom. The number of hydrogen-bond acceptors (Lipinski definition) is 5. The number of hydrogen-bond donors (Lipinski definition) is 1. The highest BCUT2D eigenvalue weighted by molar-refractivity contribution is 5.57. The molecule has 5 heteroatoms. The molecule has 0 amide bonds. The minimum absolute atomic E-state index is 0.0731. The molecule has 0 saturated carbocycles. The minimum Gasteiger partial charge on any atom is -0.493 e. The number of benzene rings is 2. The van der Waals surface area contributed by atoms with Crippen LogP contribution in [-0.4, -0.2) is 21.3 Å². The van der Waals surface area contributed by atoms with Crippen molar-refractivity contribution in [1.82, 2.24) is 5.32 Å². The van der Waals surface area contributed by atoms with Gasteiger partial charge in [0, 0.05) is 11.6 Å². The average Bonchev–Trinajstić information content (AvgIpc) is 3.20. The van der Waals surface area contributed by atoms with Crippen molar-refractivity contribution in [2.24, 2.45) is 0 Å². The summed E-state index contributed by atoms with van der Waals surface area (Å²) >= 11 is 0. The van der Waals surface area contributed by atoms with Gasteiger partial charge in [0.2, 0.25) is 5.75 Å². The first kappa shape index (κ1) is 18.9. The molecule has 0 radical (unpaired) electrons. The Morgan fingerprint density at radius 2 is 1.56 bits per heavy atom. The van der Waals surface area contributed by atoms with Gasteiger partial charge in [0.05, 0.1) is 27.9 Å². The maximum Gasteiger partial charge on any atom is 0.203 e. The van der Waals surface area contributed by atoms with Crippen molar-refractivity contribution < 1.29 is 18.6 Å². The molecule has 0 saturated heterocycles. The van der Waals surface area contributed by atoms with Crippen LogP contribution in [-0.2, 0) is 6.54 Å². The summed E-state index contributed by atoms with van der Waals surface area (Å²) in [4.78, 5) is 0. The predicted octanol–water partition coefficient (Wildman–Crippen LogP) is 4.82. The lowest BCUT2D eigenvalue weighted by atomic mass is 10.1. The highest BCUT2D eigenvalue weighted by atomic mass is 16.5. The van der Waals surface area contributed by atoms with Gasteiger partial charge in [-0.1, -0.05) is 30.3 Å². The quantitative estimate of drug-likeness (QED) is 0.618. The Kier molecular flexibility index (Phi) is 6.04. The van der Waals surface area contributed by atoms with E-state index in [4.69, 9.17) is 18.6 Å². The van der Waals surface area contributed by atoms with E-state index >= 15 is 0 Å². The van der Waals surface area contributed by atoms with Crippen LogP contribution >= 0.6 is 0 Å². The van der Waals surface area contributed by atoms with E-state index < -0.39 is 0 Å². The molecular weight excluding hydrogens is 342 g/mol. The molecule has 0 bridgehead atoms. The van der Waals surface area contributed by atoms with E-state index in [1.165, 1.54) is 0 Å². The van der Waals surface area contributed by atoms with E-state index in [0.29, 0.717) is 23.8 Å². The van der Waals surface area contributed by atoms with E-state index in [1.807, 2.05) is 54.6 Å². The largest absolute Gasteiger partial charge is 0.493 e. The monoisotopic (exact) mass is 367 g/mol. The molecule has 2 aromatic carbocycles. The topological polar surface area (TPSA) is 52.9 Å². The molecule has 0 fully saturated rings. The number of furan rings is 1. The fourth-order valence-electron chi connectivity index (χ4n) is 2.95. The summed E-state index contributed by atoms with van der Waals surface area (Å²) < 4.78 is 22.2. The zero-order chi connectivity index (χ0) is 19.2. The van der Waals surface area contributed by atoms with Gasteiger partial charge in [0.15, 0.2) is 11.5 Å². The van der Waals surface area contributed by atoms with Crippen molar-refractivity contribution in [2.45, 2.75) is 19.5 Å². The maximum absolute atomic E-state index is 5.95. The SMILES string of the molecule is COc1cc(C(C)NCc2ccc(-c3ccccc3)o2)cc(OC)c1OC. The molecule has 3 rings (SSSR count). The van der Waals surface area contributed by atoms with Gasteiger partial charge >= 0.3 is 0 Å². The van der Waals surface area contributed by atoms with Gasteiger partial charge in [-0.15, -0.1) is 0 Å². The molecule has 5 nitrogen and oxygen atoms in total. The van der Waals surface area contributed by atoms with Crippen molar-refractivity contribution in [3.8, 4) is 28.6 Å². The molecule has 1 unspecified atom stereocenters. The third kappa shape index (κ3) is 4.26. The van der Waals surface area contributed by atoms with E-state index in [-0.39, 0.29) is 6.04 Å². The van der Waals surface area contributed by atoms with Crippen molar-refractivity contribution in [3.63, 3.8) is 0 Å². The van der Waals surface area contributed by atoms with Crippen LogP contribution in [0.2, 0.25) is 0 Å². The molecule has 27 heavy (non-hydrogen) atoms. The van der Waals surface area contributed by atoms with Crippen molar-refractivity contribution >= 4 is 0 Å². The number of ether oxygens (including phenoxy) is 3. The summed E-state index contributed by atoms with van der Waals surface area (Å²) in [6.45, 7) is 2.70. The summed E-state index contributed by atoms with van der Waals surface area (Å²) in [7, 11) is 4.84. The summed E-state index contributed by atoms with van der Waals surface area (Å²) in [5.74, 6) is 3.63. The summed E-state index contributed by atoms with van der Waals surface area (Å²) in [5, 5.41) is 3.47. The second-order valence-electron chi connectivity index (χ2n) is 6.19. The molecule has 1 aromatic heterocycles. The van der Waals surface area contributed by atoms with E-state index in [1.54, 1.807) is 21.3 Å². The molecule has 0 spiro atoms. The van der Waals surface area contributed by atoms with Crippen molar-refractivity contribution in [3.05, 3.63) is 65.9 Å². The van der Waals surface area contributed by atoms with Crippen molar-refractivity contribution in [1.29, 1.82) is 0 Å². The zero-order valence-electron chi connectivity index (χ0n) is 16.1. The smallest absolute Gasteiger partial charge is 0.203 e. The average molecular weight is 367 g/mol. The van der Waals surface area contributed by atoms with Gasteiger partial charge in [0.1, 0.15) is 11.5 Å². The molecule has 0 aliphatic heterocycles. The fourth-order valence-corrected chi connectivity index (χ4v) is 2.95. The second-order valence-corrected chi connectivity index (χ2v) is 6.19. The first-order chi connectivity index (χ1) is 13.2. The van der Waals surface area contributed by atoms with Crippen LogP contribution in [0.25, 0.3) is 11.3 Å². The lowest BCUT2D eigenvalue weighted by molar-refractivity contribution is 0.323. The third-order valence-electron chi connectivity index (χ3n) is 4.49. The number of methoxy groups -OCH3 is 3. The van der Waals surface area contributed by atoms with Gasteiger partial charge in [-0.3, -0.25) is 0 Å². The van der Waals surface area contributed by atoms with Crippen LogP contribution in [0.4, 0.5) is 0 Å². The maximum atomic E-state index is 5.95. The van der Waals surface area contributed by atoms with Gasteiger partial charge < -0.3 is 23.9 Å². The highest BCUT2D eigenvalue weighted by Crippen LogP contribution is 2.39. The Morgan fingerprint density at radius 1 is 0.889 bits per heavy atom. The Bertz CT molecular complexity index is 848. The van der Waals surface area contributed by atoms with Gasteiger partial charge in [-0.25, -0.2) is 0 Å². The van der Waals surface area contributed by atoms with E-state index in [0.717, 1.165) is 22.6 Å². The van der Waals surface area contributed by atoms with Crippen LogP contribution in [0.1, 0.15) is 24.3 Å². The zero-order valence-corrected chi connectivity index (χ0v) is 16.1. The van der Waals surface area contributed by atoms with Gasteiger partial charge in [0.25, 0.3) is 0 Å². The Hall–Kier alpha value is -2.92. The van der Waals surface area contributed by atoms with Crippen LogP contribution in [0.3, 0.4) is 0 Å². The minimum atomic E-state index is 0.0731. The normalized spacial score (nSPS) is 11.9. The van der Waals surface area contributed by atoms with Crippen LogP contribution in [0.15, 0.2) is 59.0 Å². The first-order valence-corrected chi connectivity index (χ1v) is 8.83. The summed E-state index contributed by atoms with van der Waals surface area (Å²) in [5.41, 5.74) is 2.11. The van der Waals surface area contributed by atoms with Crippen molar-refractivity contribution in [2.75, 3.05) is 21.3 Å². The molecule has 1 N–H and O–H groups in total. The Balaban J connectivity index is 1.71. The van der Waals surface area contributed by atoms with Crippen LogP contribution < -0.4 is 19.5 Å². The summed E-state index contributed by atoms with van der Waals surface area (Å²) in [6.07, 6.45) is 0. The standard InChI is InChI=1S/C22H25NO4/c1-15(17-12-20(24-2)22(26-4)21(13-17)25-3)23-14-18-10-11-19(27-18)16-8-6-5-7-9-16/h5-13,15,23H,14H2,1-4H3. The third-order valence-corrected chi connectivity index (χ3v) is 4.49. The molecule has 1 atom stereocenters. The lowest BCUT2D eigenvalue weighted by Gasteiger charge is -2.18. The summed E-state index contributed by atoms with van der Waals surface area (Å²) in [6, 6.07) is 18.0. The van der Waals surface area contributed by atoms with Crippen LogP contribution in [0.5, 0.6) is 17.2 Å². The number of nitrogens with one attached hydrogen (secondary N) is 1. The Labute approximate surface area is 159 Å². The molecule has 1 heterocycles. The molecule has 0 aliphatic rings. The predicted molar refractivity (Wildman–Crippen MR) is 105 cm³/mol. The fraction of sp³-hybridized carbons (Fsp3) is 0.273. The molecular formula is C22H25NO4. The van der Waals surface area contributed by atoms with E-state index in [9.17, 15) is 0 Å². The lowest BCUT2D eigenvalue weighted by Crippen LogP contribution is -2.18. The van der Waals surface area contributed by atoms with Crippen LogP contribution in [0, 0.1) is 0 Å². The van der Waals surface area contributed by atoms with Gasteiger partial charge in [-0.2, -0.15) is 0 Å².